The molecule has 0 amide bonds. The highest BCUT2D eigenvalue weighted by molar-refractivity contribution is 5.33. The molecule has 1 aromatic carbocycles. The maximum absolute atomic E-state index is 14.5. The first-order valence-corrected chi connectivity index (χ1v) is 12.9. The van der Waals surface area contributed by atoms with Crippen molar-refractivity contribution >= 4 is 0 Å². The van der Waals surface area contributed by atoms with Crippen LogP contribution in [0.2, 0.25) is 0 Å². The van der Waals surface area contributed by atoms with E-state index in [1.165, 1.54) is 63.5 Å². The Labute approximate surface area is 193 Å². The predicted molar refractivity (Wildman–Crippen MR) is 128 cm³/mol. The minimum atomic E-state index is -0.571. The predicted octanol–water partition coefficient (Wildman–Crippen LogP) is 8.60. The summed E-state index contributed by atoms with van der Waals surface area (Å²) in [6.07, 6.45) is 21.1. The van der Waals surface area contributed by atoms with Crippen molar-refractivity contribution in [2.75, 3.05) is 6.61 Å². The van der Waals surface area contributed by atoms with Gasteiger partial charge in [0, 0.05) is 0 Å². The van der Waals surface area contributed by atoms with Crippen LogP contribution in [0.4, 0.5) is 8.78 Å². The van der Waals surface area contributed by atoms with Crippen molar-refractivity contribution in [2.45, 2.75) is 84.0 Å². The highest BCUT2D eigenvalue weighted by atomic mass is 19.1. The van der Waals surface area contributed by atoms with Gasteiger partial charge in [0.25, 0.3) is 0 Å². The minimum Gasteiger partial charge on any atom is -0.483 e. The van der Waals surface area contributed by atoms with E-state index in [0.717, 1.165) is 48.0 Å². The number of benzene rings is 1. The van der Waals surface area contributed by atoms with Crippen molar-refractivity contribution in [3.63, 3.8) is 0 Å². The third-order valence-corrected chi connectivity index (χ3v) is 8.65. The van der Waals surface area contributed by atoms with E-state index in [2.05, 4.69) is 19.1 Å². The van der Waals surface area contributed by atoms with Gasteiger partial charge in [-0.05, 0) is 131 Å². The Morgan fingerprint density at radius 1 is 0.781 bits per heavy atom. The zero-order chi connectivity index (χ0) is 22.5. The smallest absolute Gasteiger partial charge is 0.191 e. The normalized spacial score (nSPS) is 33.5. The molecule has 0 saturated heterocycles. The van der Waals surface area contributed by atoms with E-state index in [1.54, 1.807) is 6.08 Å². The summed E-state index contributed by atoms with van der Waals surface area (Å²) in [5, 5.41) is 0. The zero-order valence-electron chi connectivity index (χ0n) is 19.9. The second kappa shape index (κ2) is 11.0. The van der Waals surface area contributed by atoms with Crippen LogP contribution < -0.4 is 4.74 Å². The molecule has 1 unspecified atom stereocenters. The minimum absolute atomic E-state index is 0.188. The molecule has 0 spiro atoms. The molecular formula is C29H40F2O. The van der Waals surface area contributed by atoms with Crippen molar-refractivity contribution in [3.8, 4) is 5.75 Å². The van der Waals surface area contributed by atoms with Gasteiger partial charge in [0.1, 0.15) is 6.61 Å². The molecule has 0 bridgehead atoms. The Bertz CT molecular complexity index is 782. The number of rotatable bonds is 6. The molecule has 0 heterocycles. The summed E-state index contributed by atoms with van der Waals surface area (Å²) < 4.78 is 34.3. The molecule has 3 aliphatic rings. The molecule has 176 valence electrons. The molecule has 0 N–H and O–H groups in total. The second-order valence-electron chi connectivity index (χ2n) is 10.5. The van der Waals surface area contributed by atoms with Gasteiger partial charge in [0.05, 0.1) is 0 Å². The average molecular weight is 443 g/mol. The lowest BCUT2D eigenvalue weighted by Crippen LogP contribution is -2.34. The fourth-order valence-corrected chi connectivity index (χ4v) is 6.94. The molecule has 3 heteroatoms. The summed E-state index contributed by atoms with van der Waals surface area (Å²) in [4.78, 5) is 0. The lowest BCUT2D eigenvalue weighted by molar-refractivity contribution is 0.0718. The van der Waals surface area contributed by atoms with Crippen LogP contribution >= 0.6 is 0 Å². The van der Waals surface area contributed by atoms with Gasteiger partial charge >= 0.3 is 0 Å². The summed E-state index contributed by atoms with van der Waals surface area (Å²) in [6.45, 7) is 4.19. The average Bonchev–Trinajstić information content (AvgIpc) is 2.81. The molecule has 4 rings (SSSR count). The van der Waals surface area contributed by atoms with Crippen molar-refractivity contribution in [3.05, 3.63) is 53.6 Å². The summed E-state index contributed by atoms with van der Waals surface area (Å²) in [5.74, 6) is 3.24. The number of halogens is 2. The number of allylic oxidation sites excluding steroid dienone is 3. The van der Waals surface area contributed by atoms with Crippen LogP contribution in [0.1, 0.15) is 89.5 Å². The second-order valence-corrected chi connectivity index (χ2v) is 10.5. The molecular weight excluding hydrogens is 402 g/mol. The van der Waals surface area contributed by atoms with Crippen LogP contribution in [-0.4, -0.2) is 6.61 Å². The maximum Gasteiger partial charge on any atom is 0.191 e. The van der Waals surface area contributed by atoms with Crippen LogP contribution in [0, 0.1) is 41.2 Å². The maximum atomic E-state index is 14.5. The quantitative estimate of drug-likeness (QED) is 0.401. The standard InChI is InChI=1S/C29H40F2O/c1-3-5-15-32-29-27(30)18-26(19-28(29)31)22-11-9-21(10-12-22)24-14-13-23-16-20(6-4-2)7-8-25(23)17-24/h3-6,18-25H,7-17H2,1-2H3/t20?,21?,22?,23-,24-,25-/m1/s1. The van der Waals surface area contributed by atoms with Gasteiger partial charge in [-0.15, -0.1) is 0 Å². The molecule has 3 saturated carbocycles. The lowest BCUT2D eigenvalue weighted by atomic mass is 9.61. The van der Waals surface area contributed by atoms with Gasteiger partial charge in [-0.2, -0.15) is 0 Å². The van der Waals surface area contributed by atoms with Crippen molar-refractivity contribution in [1.82, 2.24) is 0 Å². The molecule has 0 radical (unpaired) electrons. The summed E-state index contributed by atoms with van der Waals surface area (Å²) in [5.41, 5.74) is 0.808. The Morgan fingerprint density at radius 2 is 1.38 bits per heavy atom. The third kappa shape index (κ3) is 5.46. The van der Waals surface area contributed by atoms with Gasteiger partial charge in [0.15, 0.2) is 17.4 Å². The van der Waals surface area contributed by atoms with E-state index in [0.29, 0.717) is 0 Å². The van der Waals surface area contributed by atoms with Crippen LogP contribution in [0.25, 0.3) is 0 Å². The molecule has 1 aromatic rings. The fraction of sp³-hybridized carbons (Fsp3) is 0.655. The first-order valence-electron chi connectivity index (χ1n) is 12.9. The molecule has 1 nitrogen and oxygen atoms in total. The van der Waals surface area contributed by atoms with Gasteiger partial charge in [0.2, 0.25) is 0 Å². The van der Waals surface area contributed by atoms with Gasteiger partial charge < -0.3 is 4.74 Å². The number of hydrogen-bond donors (Lipinski definition) is 0. The van der Waals surface area contributed by atoms with E-state index < -0.39 is 11.6 Å². The zero-order valence-corrected chi connectivity index (χ0v) is 19.9. The third-order valence-electron chi connectivity index (χ3n) is 8.65. The lowest BCUT2D eigenvalue weighted by Gasteiger charge is -2.45. The number of fused-ring (bicyclic) bond motifs is 1. The summed E-state index contributed by atoms with van der Waals surface area (Å²) in [6, 6.07) is 3.01. The number of ether oxygens (including phenoxy) is 1. The highest BCUT2D eigenvalue weighted by Gasteiger charge is 2.38. The summed E-state index contributed by atoms with van der Waals surface area (Å²) in [7, 11) is 0. The van der Waals surface area contributed by atoms with E-state index in [4.69, 9.17) is 4.74 Å². The van der Waals surface area contributed by atoms with Crippen LogP contribution in [-0.2, 0) is 0 Å². The summed E-state index contributed by atoms with van der Waals surface area (Å²) >= 11 is 0. The van der Waals surface area contributed by atoms with E-state index in [-0.39, 0.29) is 18.3 Å². The van der Waals surface area contributed by atoms with Crippen molar-refractivity contribution < 1.29 is 13.5 Å². The SMILES string of the molecule is CC=CCOc1c(F)cc(C2CCC([C@@H]3CC[C@@H]4CC(C=CC)CC[C@@H]4C3)CC2)cc1F. The first-order chi connectivity index (χ1) is 15.6. The van der Waals surface area contributed by atoms with E-state index in [9.17, 15) is 8.78 Å². The van der Waals surface area contributed by atoms with Crippen LogP contribution in [0.5, 0.6) is 5.75 Å². The molecule has 3 aliphatic carbocycles. The largest absolute Gasteiger partial charge is 0.483 e. The molecule has 3 fully saturated rings. The molecule has 4 atom stereocenters. The highest BCUT2D eigenvalue weighted by Crippen LogP contribution is 2.50. The van der Waals surface area contributed by atoms with Gasteiger partial charge in [-0.1, -0.05) is 24.3 Å². The number of hydrogen-bond acceptors (Lipinski definition) is 1. The molecule has 0 aromatic heterocycles. The Hall–Kier alpha value is -1.64. The Balaban J connectivity index is 1.30. The fourth-order valence-electron chi connectivity index (χ4n) is 6.94. The topological polar surface area (TPSA) is 9.23 Å². The van der Waals surface area contributed by atoms with Crippen molar-refractivity contribution in [1.29, 1.82) is 0 Å². The molecule has 0 aliphatic heterocycles. The first kappa shape index (κ1) is 23.5. The van der Waals surface area contributed by atoms with E-state index in [1.807, 2.05) is 13.0 Å². The van der Waals surface area contributed by atoms with Crippen LogP contribution in [0.3, 0.4) is 0 Å². The van der Waals surface area contributed by atoms with Crippen molar-refractivity contribution in [2.24, 2.45) is 29.6 Å². The molecule has 32 heavy (non-hydrogen) atoms. The van der Waals surface area contributed by atoms with E-state index >= 15 is 0 Å². The Kier molecular flexibility index (Phi) is 8.07. The van der Waals surface area contributed by atoms with Crippen LogP contribution in [0.15, 0.2) is 36.4 Å². The van der Waals surface area contributed by atoms with Gasteiger partial charge in [-0.3, -0.25) is 0 Å². The monoisotopic (exact) mass is 442 g/mol. The van der Waals surface area contributed by atoms with Gasteiger partial charge in [-0.25, -0.2) is 8.78 Å². The Morgan fingerprint density at radius 3 is 2.03 bits per heavy atom.